The second-order valence-electron chi connectivity index (χ2n) is 42.7. The van der Waals surface area contributed by atoms with Gasteiger partial charge in [-0.15, -0.1) is 6.58 Å². The maximum atomic E-state index is 16.6. The normalized spacial score (nSPS) is 50.8. The first-order valence-corrected chi connectivity index (χ1v) is 47.9. The third kappa shape index (κ3) is 21.1. The Morgan fingerprint density at radius 1 is 0.486 bits per heavy atom. The zero-order valence-corrected chi connectivity index (χ0v) is 79.5. The van der Waals surface area contributed by atoms with Crippen LogP contribution in [-0.4, -0.2) is 451 Å². The molecule has 0 aromatic carbocycles. The lowest BCUT2D eigenvalue weighted by molar-refractivity contribution is -0.398. The molecule has 13 fully saturated rings. The number of hydrogen-bond acceptors (Lipinski definition) is 45. The number of esters is 2. The van der Waals surface area contributed by atoms with Crippen LogP contribution in [0.25, 0.3) is 0 Å². The van der Waals surface area contributed by atoms with Crippen LogP contribution in [0, 0.1) is 50.2 Å². The van der Waals surface area contributed by atoms with Gasteiger partial charge in [0.25, 0.3) is 0 Å². The Hall–Kier alpha value is -3.97. The van der Waals surface area contributed by atoms with Crippen molar-refractivity contribution in [3.63, 3.8) is 0 Å². The van der Waals surface area contributed by atoms with Gasteiger partial charge in [0.15, 0.2) is 56.4 Å². The average Bonchev–Trinajstić information content (AvgIpc) is 0.668. The van der Waals surface area contributed by atoms with Crippen LogP contribution in [0.4, 0.5) is 0 Å². The molecule has 24 N–H and O–H groups in total. The first kappa shape index (κ1) is 110. The molecule has 51 atom stereocenters. The fourth-order valence-electron chi connectivity index (χ4n) is 24.2. The van der Waals surface area contributed by atoms with Crippen molar-refractivity contribution in [2.24, 2.45) is 50.2 Å². The van der Waals surface area contributed by atoms with E-state index in [1.807, 2.05) is 0 Å². The summed E-state index contributed by atoms with van der Waals surface area (Å²) in [5.74, 6) is -3.59. The number of amides is 1. The van der Waals surface area contributed by atoms with Crippen LogP contribution < -0.4 is 5.32 Å². The number of carbonyl (C=O) groups excluding carboxylic acids is 3. The summed E-state index contributed by atoms with van der Waals surface area (Å²) in [6, 6.07) is -1.33. The Morgan fingerprint density at radius 2 is 1.00 bits per heavy atom. The van der Waals surface area contributed by atoms with Crippen molar-refractivity contribution in [3.8, 4) is 0 Å². The molecule has 0 radical (unpaired) electrons. The van der Waals surface area contributed by atoms with Gasteiger partial charge in [-0.1, -0.05) is 72.3 Å². The van der Waals surface area contributed by atoms with E-state index in [1.165, 1.54) is 39.8 Å². The van der Waals surface area contributed by atoms with E-state index < -0.39 is 372 Å². The smallest absolute Gasteiger partial charge is 0.333 e. The van der Waals surface area contributed by atoms with E-state index in [1.54, 1.807) is 6.92 Å². The van der Waals surface area contributed by atoms with Gasteiger partial charge in [0, 0.05) is 12.5 Å². The Labute approximate surface area is 797 Å². The minimum atomic E-state index is -2.32. The van der Waals surface area contributed by atoms with Crippen LogP contribution in [0.3, 0.4) is 0 Å². The first-order valence-electron chi connectivity index (χ1n) is 47.9. The Balaban J connectivity index is 0.729. The largest absolute Gasteiger partial charge is 0.459 e. The average molecular weight is 1990 g/mol. The lowest BCUT2D eigenvalue weighted by atomic mass is 9.33. The zero-order valence-electron chi connectivity index (χ0n) is 79.5. The number of allylic oxidation sites excluding steroid dienone is 3. The molecule has 9 aliphatic heterocycles. The quantitative estimate of drug-likeness (QED) is 0.0150. The highest BCUT2D eigenvalue weighted by Crippen LogP contribution is 2.76. The van der Waals surface area contributed by atoms with E-state index >= 15 is 4.79 Å². The number of rotatable bonds is 28. The molecular formula is C92H147NO45. The third-order valence-electron chi connectivity index (χ3n) is 32.9. The number of carbonyl (C=O) groups is 3. The van der Waals surface area contributed by atoms with E-state index in [0.29, 0.717) is 44.9 Å². The highest BCUT2D eigenvalue weighted by molar-refractivity contribution is 5.87. The maximum Gasteiger partial charge on any atom is 0.333 e. The SMILES string of the molecule is C=C[C@](C)(CC/C=C(\C)C(=O)OC[C@H]1O[C@@H](OC(=O)[C@]23CCC(C)(C)C[C@H]2C2=CC[C@H]4[C@@]5(C)CC[C@H](O[C@@H]6O[C@H](CO[C@@H]7OC[C@H](O)[C@H](O)[C@H]7O[C@@H]7OC[C@H](O)[C@H](O)[C@H]7O)[C@@H](O)[C@H](O)[C@H]6NC(C)=O)C(C)(C)[C@H]5CC[C@@]4(C)[C@]2(C)C[C@H]3O)[C@H](O[C@@H]2O[C@@H](C)[C@H](O[C@@H]3OC[C@@H](O)[C@H](O[C@@H]4OC[C@@H](O)[C@H](O)[C@H]4O)[C@H]3O)[C@@H](O[C@@H]3O[C@H](CO)[C@@H](O)[C@H](O)[C@H]3O)[C@H]2O)[C@@H](O)[C@@H]1O)O[C@@H]1O[C@H](C)[C@@H](O)[C@H](O)[C@H]1O. The molecule has 0 aromatic rings. The van der Waals surface area contributed by atoms with Crippen molar-refractivity contribution < 1.29 is 222 Å². The van der Waals surface area contributed by atoms with Gasteiger partial charge in [-0.05, 0) is 143 Å². The van der Waals surface area contributed by atoms with Gasteiger partial charge in [0.1, 0.15) is 189 Å². The topological polar surface area (TPSA) is 704 Å². The number of hydrogen-bond donors (Lipinski definition) is 24. The molecule has 14 rings (SSSR count). The van der Waals surface area contributed by atoms with Crippen LogP contribution in [0.15, 0.2) is 36.0 Å². The second kappa shape index (κ2) is 43.1. The van der Waals surface area contributed by atoms with Gasteiger partial charge < -0.3 is 213 Å². The van der Waals surface area contributed by atoms with Crippen molar-refractivity contribution >= 4 is 17.8 Å². The van der Waals surface area contributed by atoms with Gasteiger partial charge in [-0.3, -0.25) is 9.59 Å². The van der Waals surface area contributed by atoms with E-state index in [4.69, 9.17) is 90.0 Å². The summed E-state index contributed by atoms with van der Waals surface area (Å²) in [6.07, 6.45) is -64.6. The number of aliphatic hydroxyl groups excluding tert-OH is 23. The number of ether oxygens (including phenoxy) is 19. The maximum absolute atomic E-state index is 16.6. The molecular weight excluding hydrogens is 1840 g/mol. The predicted octanol–water partition coefficient (Wildman–Crippen LogP) is -6.97. The minimum Gasteiger partial charge on any atom is -0.459 e. The number of fused-ring (bicyclic) bond motifs is 7. The molecule has 9 saturated heterocycles. The van der Waals surface area contributed by atoms with Gasteiger partial charge >= 0.3 is 11.9 Å². The molecule has 0 spiro atoms. The van der Waals surface area contributed by atoms with Gasteiger partial charge in [0.2, 0.25) is 12.2 Å². The summed E-state index contributed by atoms with van der Waals surface area (Å²) in [6.45, 7) is 21.3. The van der Waals surface area contributed by atoms with E-state index in [2.05, 4.69) is 66.4 Å². The monoisotopic (exact) mass is 1990 g/mol. The van der Waals surface area contributed by atoms with Crippen molar-refractivity contribution in [2.45, 2.75) is 423 Å². The highest BCUT2D eigenvalue weighted by Gasteiger charge is 2.73. The predicted molar refractivity (Wildman–Crippen MR) is 460 cm³/mol. The molecule has 5 aliphatic carbocycles. The van der Waals surface area contributed by atoms with Crippen LogP contribution in [-0.2, 0) is 104 Å². The summed E-state index contributed by atoms with van der Waals surface area (Å²) in [5.41, 5.74) is -5.36. The lowest BCUT2D eigenvalue weighted by Gasteiger charge is -2.72. The molecule has 4 saturated carbocycles. The summed E-state index contributed by atoms with van der Waals surface area (Å²) >= 11 is 0. The molecule has 14 aliphatic rings. The van der Waals surface area contributed by atoms with Crippen LogP contribution in [0.1, 0.15) is 154 Å². The van der Waals surface area contributed by atoms with Crippen molar-refractivity contribution in [1.29, 1.82) is 0 Å². The van der Waals surface area contributed by atoms with Crippen molar-refractivity contribution in [1.82, 2.24) is 5.32 Å². The van der Waals surface area contributed by atoms with Crippen molar-refractivity contribution in [2.75, 3.05) is 46.2 Å². The Morgan fingerprint density at radius 3 is 1.64 bits per heavy atom. The van der Waals surface area contributed by atoms with Crippen LogP contribution >= 0.6 is 0 Å². The Bertz CT molecular complexity index is 4170. The summed E-state index contributed by atoms with van der Waals surface area (Å²) in [5, 5.41) is 261. The third-order valence-corrected chi connectivity index (χ3v) is 32.9. The zero-order chi connectivity index (χ0) is 101. The molecule has 0 aromatic heterocycles. The van der Waals surface area contributed by atoms with E-state index in [0.717, 1.165) is 5.57 Å². The number of nitrogens with one attached hydrogen (secondary N) is 1. The Kier molecular flexibility index (Phi) is 34.2. The standard InChI is InChI=1S/C92H147NO45/c1-14-88(10,138-82-67(115)61(109)53(101)36(3)126-82)21-15-16-35(2)75(118)120-33-46-59(107)63(111)74(136-81-69(117)72(134-80-66(114)62(110)57(105)45(28-94)128-80)70(37(4)127-81)132-79-68(116)71(44(99)32-123-79)133-77-64(112)54(102)41(96)29-121-77)84(130-46)137-85(119)92-25-24-86(6,7)26-40(92)39-17-18-49-89(11)22-20-51(87(8,9)48(89)19-23-90(49,12)91(39,13)27-50(92)100)131-76-52(93-38(5)95)60(108)58(106)47(129-76)34-125-83-73(56(104)43(98)31-124-83)135-78-65(113)55(103)42(97)30-122-78/h14,16-17,36-37,40-74,76-84,94,96-117H,1,15,18-34H2,2-13H3,(H,93,95)/b35-16+/t36-,37+,40+,41-,42+,43+,44-,45-,46-,47-,48-,49+,50-,51+,52-,53-,54+,55+,56+,57-,58-,59-,60-,61+,62+,63+,64-,65-,66-,67-,68-,69-,70+,71+,72+,73-,74-,76+,77+,78+,79+,80+,81+,82+,83+,84+,88-,89+,90-,91-,92-/m1/s1. The fraction of sp³-hybridized carbons (Fsp3) is 0.902. The molecule has 138 heavy (non-hydrogen) atoms. The van der Waals surface area contributed by atoms with E-state index in [-0.39, 0.29) is 43.1 Å². The molecule has 0 bridgehead atoms. The summed E-state index contributed by atoms with van der Waals surface area (Å²) in [7, 11) is 0. The molecule has 46 heteroatoms. The first-order chi connectivity index (χ1) is 64.7. The summed E-state index contributed by atoms with van der Waals surface area (Å²) in [4.78, 5) is 43.7. The fourth-order valence-corrected chi connectivity index (χ4v) is 24.2. The second-order valence-corrected chi connectivity index (χ2v) is 42.7. The highest BCUT2D eigenvalue weighted by atomic mass is 16.8. The summed E-state index contributed by atoms with van der Waals surface area (Å²) < 4.78 is 115. The molecule has 9 heterocycles. The number of aliphatic hydroxyl groups is 23. The van der Waals surface area contributed by atoms with Gasteiger partial charge in [0.05, 0.1) is 69.7 Å². The lowest BCUT2D eigenvalue weighted by Crippen LogP contribution is -2.69. The van der Waals surface area contributed by atoms with Crippen LogP contribution in [0.5, 0.6) is 0 Å². The molecule has 790 valence electrons. The van der Waals surface area contributed by atoms with E-state index in [9.17, 15) is 127 Å². The van der Waals surface area contributed by atoms with Gasteiger partial charge in [-0.25, -0.2) is 4.79 Å². The minimum absolute atomic E-state index is 0.000663. The molecule has 46 nitrogen and oxygen atoms in total. The molecule has 1 amide bonds. The van der Waals surface area contributed by atoms with Gasteiger partial charge in [-0.2, -0.15) is 0 Å². The molecule has 0 unspecified atom stereocenters. The van der Waals surface area contributed by atoms with Crippen molar-refractivity contribution in [3.05, 3.63) is 36.0 Å². The van der Waals surface area contributed by atoms with Crippen LogP contribution in [0.2, 0.25) is 0 Å².